The van der Waals surface area contributed by atoms with Gasteiger partial charge in [0.1, 0.15) is 5.75 Å². The number of hydrogen-bond donors (Lipinski definition) is 1. The van der Waals surface area contributed by atoms with Gasteiger partial charge in [-0.1, -0.05) is 36.4 Å². The van der Waals surface area contributed by atoms with Crippen LogP contribution in [0.5, 0.6) is 5.75 Å². The molecule has 2 heterocycles. The van der Waals surface area contributed by atoms with Crippen molar-refractivity contribution in [1.82, 2.24) is 9.80 Å². The largest absolute Gasteiger partial charge is 0.426 e. The van der Waals surface area contributed by atoms with E-state index in [9.17, 15) is 9.59 Å². The molecule has 160 valence electrons. The Morgan fingerprint density at radius 1 is 0.871 bits per heavy atom. The number of rotatable bonds is 7. The molecule has 7 heteroatoms. The fourth-order valence-electron chi connectivity index (χ4n) is 3.50. The molecule has 0 unspecified atom stereocenters. The van der Waals surface area contributed by atoms with Crippen LogP contribution < -0.4 is 10.1 Å². The first kappa shape index (κ1) is 21.2. The Morgan fingerprint density at radius 3 is 2.26 bits per heavy atom. The van der Waals surface area contributed by atoms with Crippen molar-refractivity contribution in [2.75, 3.05) is 38.0 Å². The van der Waals surface area contributed by atoms with E-state index in [0.29, 0.717) is 16.3 Å². The molecule has 31 heavy (non-hydrogen) atoms. The molecule has 1 aliphatic heterocycles. The molecule has 0 bridgehead atoms. The summed E-state index contributed by atoms with van der Waals surface area (Å²) in [6, 6.07) is 20.9. The van der Waals surface area contributed by atoms with Gasteiger partial charge in [0.25, 0.3) is 5.91 Å². The number of anilines is 1. The van der Waals surface area contributed by atoms with Crippen LogP contribution in [-0.4, -0.2) is 54.4 Å². The highest BCUT2D eigenvalue weighted by atomic mass is 32.1. The highest BCUT2D eigenvalue weighted by molar-refractivity contribution is 7.12. The lowest BCUT2D eigenvalue weighted by Crippen LogP contribution is -2.48. The molecule has 1 aromatic heterocycles. The minimum Gasteiger partial charge on any atom is -0.426 e. The first-order chi connectivity index (χ1) is 15.2. The maximum absolute atomic E-state index is 12.3. The summed E-state index contributed by atoms with van der Waals surface area (Å²) in [5.41, 5.74) is 1.97. The van der Waals surface area contributed by atoms with Crippen molar-refractivity contribution in [3.8, 4) is 5.75 Å². The molecule has 3 aromatic rings. The van der Waals surface area contributed by atoms with E-state index in [1.54, 1.807) is 30.3 Å². The number of carbonyl (C=O) groups excluding carboxylic acids is 2. The van der Waals surface area contributed by atoms with Gasteiger partial charge in [0.05, 0.1) is 11.4 Å². The highest BCUT2D eigenvalue weighted by Gasteiger charge is 2.20. The average molecular weight is 436 g/mol. The van der Waals surface area contributed by atoms with Gasteiger partial charge in [0.15, 0.2) is 0 Å². The van der Waals surface area contributed by atoms with Crippen molar-refractivity contribution in [2.45, 2.75) is 6.54 Å². The second kappa shape index (κ2) is 10.3. The van der Waals surface area contributed by atoms with Crippen LogP contribution in [-0.2, 0) is 11.3 Å². The zero-order valence-electron chi connectivity index (χ0n) is 17.2. The molecule has 0 radical (unpaired) electrons. The Kier molecular flexibility index (Phi) is 7.09. The Morgan fingerprint density at radius 2 is 1.58 bits per heavy atom. The van der Waals surface area contributed by atoms with Gasteiger partial charge in [-0.3, -0.25) is 19.4 Å². The van der Waals surface area contributed by atoms with Crippen molar-refractivity contribution in [3.63, 3.8) is 0 Å². The molecule has 1 aliphatic rings. The Balaban J connectivity index is 1.20. The molecule has 1 fully saturated rings. The van der Waals surface area contributed by atoms with Gasteiger partial charge in [0, 0.05) is 38.4 Å². The van der Waals surface area contributed by atoms with Gasteiger partial charge in [-0.25, -0.2) is 0 Å². The number of amides is 1. The fraction of sp³-hybridized carbons (Fsp3) is 0.250. The molecule has 0 atom stereocenters. The van der Waals surface area contributed by atoms with E-state index < -0.39 is 0 Å². The van der Waals surface area contributed by atoms with Crippen LogP contribution in [0.1, 0.15) is 15.2 Å². The van der Waals surface area contributed by atoms with Crippen molar-refractivity contribution in [1.29, 1.82) is 0 Å². The summed E-state index contributed by atoms with van der Waals surface area (Å²) in [6.45, 7) is 4.76. The summed E-state index contributed by atoms with van der Waals surface area (Å²) in [4.78, 5) is 29.6. The molecule has 1 amide bonds. The predicted octanol–water partition coefficient (Wildman–Crippen LogP) is 3.72. The molecule has 0 spiro atoms. The first-order valence-electron chi connectivity index (χ1n) is 10.3. The van der Waals surface area contributed by atoms with Crippen LogP contribution in [0.4, 0.5) is 5.69 Å². The summed E-state index contributed by atoms with van der Waals surface area (Å²) in [5, 5.41) is 4.69. The van der Waals surface area contributed by atoms with Crippen molar-refractivity contribution in [3.05, 3.63) is 82.6 Å². The lowest BCUT2D eigenvalue weighted by molar-refractivity contribution is -0.136. The Bertz CT molecular complexity index is 983. The zero-order valence-corrected chi connectivity index (χ0v) is 18.0. The number of nitrogens with one attached hydrogen (secondary N) is 1. The van der Waals surface area contributed by atoms with Crippen LogP contribution in [0.3, 0.4) is 0 Å². The van der Waals surface area contributed by atoms with Crippen LogP contribution >= 0.6 is 11.3 Å². The van der Waals surface area contributed by atoms with E-state index in [-0.39, 0.29) is 18.4 Å². The summed E-state index contributed by atoms with van der Waals surface area (Å²) in [5.74, 6) is 0.0554. The highest BCUT2D eigenvalue weighted by Crippen LogP contribution is 2.18. The molecule has 4 rings (SSSR count). The Hall–Kier alpha value is -3.00. The predicted molar refractivity (Wildman–Crippen MR) is 123 cm³/mol. The number of nitrogens with zero attached hydrogens (tertiary/aromatic N) is 2. The third-order valence-electron chi connectivity index (χ3n) is 5.16. The van der Waals surface area contributed by atoms with Gasteiger partial charge >= 0.3 is 5.97 Å². The molecular formula is C24H25N3O3S. The van der Waals surface area contributed by atoms with E-state index in [1.165, 1.54) is 16.9 Å². The maximum atomic E-state index is 12.3. The van der Waals surface area contributed by atoms with Crippen molar-refractivity contribution in [2.24, 2.45) is 0 Å². The second-order valence-electron chi connectivity index (χ2n) is 7.47. The van der Waals surface area contributed by atoms with Crippen LogP contribution in [0.15, 0.2) is 72.1 Å². The lowest BCUT2D eigenvalue weighted by atomic mass is 10.2. The molecular weight excluding hydrogens is 410 g/mol. The summed E-state index contributed by atoms with van der Waals surface area (Å²) < 4.78 is 5.47. The normalized spacial score (nSPS) is 14.8. The van der Waals surface area contributed by atoms with E-state index in [2.05, 4.69) is 39.4 Å². The number of carbonyl (C=O) groups is 2. The monoisotopic (exact) mass is 435 g/mol. The third-order valence-corrected chi connectivity index (χ3v) is 6.02. The molecule has 1 N–H and O–H groups in total. The zero-order chi connectivity index (χ0) is 21.5. The van der Waals surface area contributed by atoms with Crippen molar-refractivity contribution < 1.29 is 14.3 Å². The number of hydrogen-bond acceptors (Lipinski definition) is 6. The number of thiophene rings is 1. The van der Waals surface area contributed by atoms with Crippen LogP contribution in [0.2, 0.25) is 0 Å². The maximum Gasteiger partial charge on any atom is 0.325 e. The lowest BCUT2D eigenvalue weighted by Gasteiger charge is -2.34. The van der Waals surface area contributed by atoms with Gasteiger partial charge in [-0.2, -0.15) is 0 Å². The fourth-order valence-corrected chi connectivity index (χ4v) is 4.12. The third kappa shape index (κ3) is 6.24. The molecule has 6 nitrogen and oxygen atoms in total. The van der Waals surface area contributed by atoms with E-state index in [4.69, 9.17) is 4.74 Å². The van der Waals surface area contributed by atoms with Gasteiger partial charge in [0.2, 0.25) is 0 Å². The van der Waals surface area contributed by atoms with Gasteiger partial charge in [-0.15, -0.1) is 11.3 Å². The minimum absolute atomic E-state index is 0.147. The molecule has 0 saturated carbocycles. The van der Waals surface area contributed by atoms with Gasteiger partial charge in [-0.05, 0) is 41.3 Å². The number of esters is 1. The number of ether oxygens (including phenoxy) is 1. The van der Waals surface area contributed by atoms with Crippen molar-refractivity contribution >= 4 is 28.9 Å². The summed E-state index contributed by atoms with van der Waals surface area (Å²) >= 11 is 1.39. The van der Waals surface area contributed by atoms with Crippen LogP contribution in [0.25, 0.3) is 0 Å². The van der Waals surface area contributed by atoms with Gasteiger partial charge < -0.3 is 10.1 Å². The average Bonchev–Trinajstić information content (AvgIpc) is 3.32. The topological polar surface area (TPSA) is 61.9 Å². The first-order valence-corrected chi connectivity index (χ1v) is 11.2. The SMILES string of the molecule is O=C(CN1CCN(Cc2ccccc2)CC1)Oc1ccc(NC(=O)c2cccs2)cc1. The second-order valence-corrected chi connectivity index (χ2v) is 8.42. The van der Waals surface area contributed by atoms with E-state index in [0.717, 1.165) is 32.7 Å². The van der Waals surface area contributed by atoms with E-state index in [1.807, 2.05) is 17.5 Å². The number of benzene rings is 2. The minimum atomic E-state index is -0.271. The molecule has 0 aliphatic carbocycles. The quantitative estimate of drug-likeness (QED) is 0.453. The molecule has 2 aromatic carbocycles. The smallest absolute Gasteiger partial charge is 0.325 e. The summed E-state index contributed by atoms with van der Waals surface area (Å²) in [7, 11) is 0. The van der Waals surface area contributed by atoms with Crippen LogP contribution in [0, 0.1) is 0 Å². The van der Waals surface area contributed by atoms with E-state index >= 15 is 0 Å². The standard InChI is InChI=1S/C24H25N3O3S/c28-23(18-27-14-12-26(13-15-27)17-19-5-2-1-3-6-19)30-21-10-8-20(9-11-21)25-24(29)22-7-4-16-31-22/h1-11,16H,12-15,17-18H2,(H,25,29). The number of piperazine rings is 1. The Labute approximate surface area is 186 Å². The molecule has 1 saturated heterocycles. The summed E-state index contributed by atoms with van der Waals surface area (Å²) in [6.07, 6.45) is 0.